The van der Waals surface area contributed by atoms with E-state index in [-0.39, 0.29) is 24.4 Å². The van der Waals surface area contributed by atoms with Gasteiger partial charge in [0.05, 0.1) is 5.56 Å². The zero-order valence-electron chi connectivity index (χ0n) is 13.3. The predicted octanol–water partition coefficient (Wildman–Crippen LogP) is 1.51. The van der Waals surface area contributed by atoms with E-state index in [1.807, 2.05) is 0 Å². The van der Waals surface area contributed by atoms with E-state index < -0.39 is 17.5 Å². The zero-order chi connectivity index (χ0) is 17.4. The summed E-state index contributed by atoms with van der Waals surface area (Å²) in [5.74, 6) is -2.34. The van der Waals surface area contributed by atoms with Gasteiger partial charge in [-0.05, 0) is 31.5 Å². The second-order valence-corrected chi connectivity index (χ2v) is 5.58. The number of hydrogen-bond acceptors (Lipinski definition) is 3. The lowest BCUT2D eigenvalue weighted by atomic mass is 10.1. The van der Waals surface area contributed by atoms with Crippen molar-refractivity contribution in [3.05, 3.63) is 47.0 Å². The maximum Gasteiger partial charge on any atom is 0.254 e. The van der Waals surface area contributed by atoms with E-state index >= 15 is 0 Å². The van der Waals surface area contributed by atoms with Crippen LogP contribution in [0.4, 0.5) is 8.78 Å². The molecule has 130 valence electrons. The van der Waals surface area contributed by atoms with Crippen LogP contribution in [0.5, 0.6) is 0 Å². The van der Waals surface area contributed by atoms with Crippen LogP contribution in [-0.2, 0) is 4.79 Å². The Balaban J connectivity index is 1.64. The summed E-state index contributed by atoms with van der Waals surface area (Å²) in [5, 5.41) is 8.56. The van der Waals surface area contributed by atoms with Crippen molar-refractivity contribution in [1.82, 2.24) is 16.0 Å². The van der Waals surface area contributed by atoms with Gasteiger partial charge in [-0.15, -0.1) is 0 Å². The highest BCUT2D eigenvalue weighted by atomic mass is 19.1. The summed E-state index contributed by atoms with van der Waals surface area (Å²) in [6.45, 7) is 2.55. The molecule has 3 N–H and O–H groups in total. The smallest absolute Gasteiger partial charge is 0.254 e. The van der Waals surface area contributed by atoms with Crippen LogP contribution in [0, 0.1) is 11.6 Å². The highest BCUT2D eigenvalue weighted by Crippen LogP contribution is 2.09. The van der Waals surface area contributed by atoms with E-state index in [1.54, 1.807) is 0 Å². The van der Waals surface area contributed by atoms with Crippen molar-refractivity contribution in [3.8, 4) is 0 Å². The van der Waals surface area contributed by atoms with E-state index in [0.717, 1.165) is 31.6 Å². The van der Waals surface area contributed by atoms with Gasteiger partial charge >= 0.3 is 0 Å². The van der Waals surface area contributed by atoms with E-state index in [4.69, 9.17) is 0 Å². The van der Waals surface area contributed by atoms with E-state index in [2.05, 4.69) is 22.0 Å². The maximum absolute atomic E-state index is 13.4. The van der Waals surface area contributed by atoms with Gasteiger partial charge in [0.1, 0.15) is 11.6 Å². The van der Waals surface area contributed by atoms with Crippen LogP contribution in [0.25, 0.3) is 0 Å². The summed E-state index contributed by atoms with van der Waals surface area (Å²) in [4.78, 5) is 23.5. The van der Waals surface area contributed by atoms with Crippen LogP contribution < -0.4 is 16.0 Å². The average Bonchev–Trinajstić information content (AvgIpc) is 2.57. The number of hydrogen-bond donors (Lipinski definition) is 3. The highest BCUT2D eigenvalue weighted by Gasteiger charge is 2.12. The van der Waals surface area contributed by atoms with E-state index in [1.165, 1.54) is 5.57 Å². The molecule has 1 aromatic carbocycles. The minimum atomic E-state index is -0.902. The molecule has 1 aliphatic rings. The number of carbonyl (C=O) groups is 2. The molecule has 7 heteroatoms. The lowest BCUT2D eigenvalue weighted by Crippen LogP contribution is -2.30. The Hall–Kier alpha value is -2.28. The Labute approximate surface area is 139 Å². The molecule has 5 nitrogen and oxygen atoms in total. The fourth-order valence-electron chi connectivity index (χ4n) is 2.35. The number of carbonyl (C=O) groups excluding carboxylic acids is 2. The number of benzene rings is 1. The molecule has 1 aliphatic heterocycles. The minimum Gasteiger partial charge on any atom is -0.352 e. The van der Waals surface area contributed by atoms with Gasteiger partial charge in [-0.25, -0.2) is 8.78 Å². The lowest BCUT2D eigenvalue weighted by Gasteiger charge is -2.14. The second-order valence-electron chi connectivity index (χ2n) is 5.58. The Kier molecular flexibility index (Phi) is 6.87. The molecule has 0 fully saturated rings. The predicted molar refractivity (Wildman–Crippen MR) is 86.5 cm³/mol. The van der Waals surface area contributed by atoms with Gasteiger partial charge in [0.15, 0.2) is 0 Å². The van der Waals surface area contributed by atoms with E-state index in [0.29, 0.717) is 19.0 Å². The molecule has 0 radical (unpaired) electrons. The van der Waals surface area contributed by atoms with E-state index in [9.17, 15) is 18.4 Å². The van der Waals surface area contributed by atoms with Crippen molar-refractivity contribution in [2.45, 2.75) is 19.3 Å². The third kappa shape index (κ3) is 5.73. The Morgan fingerprint density at radius 1 is 1.21 bits per heavy atom. The molecule has 0 saturated carbocycles. The largest absolute Gasteiger partial charge is 0.352 e. The summed E-state index contributed by atoms with van der Waals surface area (Å²) in [6, 6.07) is 2.79. The number of nitrogens with one attached hydrogen (secondary N) is 3. The SMILES string of the molecule is O=C(CCCNC(=O)c1ccc(F)cc1F)NCC1=CCNCC1. The normalized spacial score (nSPS) is 14.0. The van der Waals surface area contributed by atoms with Crippen molar-refractivity contribution in [3.63, 3.8) is 0 Å². The lowest BCUT2D eigenvalue weighted by molar-refractivity contribution is -0.121. The first-order valence-electron chi connectivity index (χ1n) is 7.95. The van der Waals surface area contributed by atoms with Gasteiger partial charge < -0.3 is 16.0 Å². The fourth-order valence-corrected chi connectivity index (χ4v) is 2.35. The van der Waals surface area contributed by atoms with Crippen LogP contribution in [0.15, 0.2) is 29.8 Å². The molecule has 0 spiro atoms. The molecule has 0 aliphatic carbocycles. The summed E-state index contributed by atoms with van der Waals surface area (Å²) in [6.07, 6.45) is 3.72. The summed E-state index contributed by atoms with van der Waals surface area (Å²) in [7, 11) is 0. The monoisotopic (exact) mass is 337 g/mol. The molecule has 0 atom stereocenters. The number of amides is 2. The van der Waals surface area contributed by atoms with Crippen LogP contribution in [0.1, 0.15) is 29.6 Å². The van der Waals surface area contributed by atoms with Gasteiger partial charge in [-0.1, -0.05) is 11.6 Å². The van der Waals surface area contributed by atoms with Gasteiger partial charge in [-0.3, -0.25) is 9.59 Å². The molecule has 0 saturated heterocycles. The Bertz CT molecular complexity index is 632. The molecule has 2 rings (SSSR count). The molecule has 0 bridgehead atoms. The molecule has 24 heavy (non-hydrogen) atoms. The van der Waals surface area contributed by atoms with Crippen LogP contribution in [-0.4, -0.2) is 38.0 Å². The topological polar surface area (TPSA) is 70.2 Å². The molecule has 0 unspecified atom stereocenters. The quantitative estimate of drug-likeness (QED) is 0.522. The molecule has 2 amide bonds. The fraction of sp³-hybridized carbons (Fsp3) is 0.412. The molecule has 1 heterocycles. The third-order valence-corrected chi connectivity index (χ3v) is 3.71. The van der Waals surface area contributed by atoms with Crippen LogP contribution in [0.2, 0.25) is 0 Å². The first kappa shape index (κ1) is 18.1. The number of halogens is 2. The van der Waals surface area contributed by atoms with Crippen molar-refractivity contribution in [2.75, 3.05) is 26.2 Å². The Morgan fingerprint density at radius 3 is 2.75 bits per heavy atom. The average molecular weight is 337 g/mol. The van der Waals surface area contributed by atoms with Crippen LogP contribution in [0.3, 0.4) is 0 Å². The molecule has 1 aromatic rings. The third-order valence-electron chi connectivity index (χ3n) is 3.71. The van der Waals surface area contributed by atoms with Crippen molar-refractivity contribution >= 4 is 11.8 Å². The van der Waals surface area contributed by atoms with Crippen molar-refractivity contribution in [2.24, 2.45) is 0 Å². The van der Waals surface area contributed by atoms with Crippen LogP contribution >= 0.6 is 0 Å². The first-order valence-corrected chi connectivity index (χ1v) is 7.95. The highest BCUT2D eigenvalue weighted by molar-refractivity contribution is 5.94. The Morgan fingerprint density at radius 2 is 2.04 bits per heavy atom. The summed E-state index contributed by atoms with van der Waals surface area (Å²) in [5.41, 5.74) is 1.00. The zero-order valence-corrected chi connectivity index (χ0v) is 13.3. The molecular weight excluding hydrogens is 316 g/mol. The first-order chi connectivity index (χ1) is 11.6. The minimum absolute atomic E-state index is 0.0864. The summed E-state index contributed by atoms with van der Waals surface area (Å²) < 4.78 is 26.2. The van der Waals surface area contributed by atoms with Crippen molar-refractivity contribution < 1.29 is 18.4 Å². The number of rotatable bonds is 7. The van der Waals surface area contributed by atoms with Gasteiger partial charge in [0.2, 0.25) is 5.91 Å². The van der Waals surface area contributed by atoms with Crippen molar-refractivity contribution in [1.29, 1.82) is 0 Å². The summed E-state index contributed by atoms with van der Waals surface area (Å²) >= 11 is 0. The standard InChI is InChI=1S/C17H21F2N3O2/c18-13-3-4-14(15(19)10-13)17(24)21-7-1-2-16(23)22-11-12-5-8-20-9-6-12/h3-5,10,20H,1-2,6-9,11H2,(H,21,24)(H,22,23). The second kappa shape index (κ2) is 9.12. The van der Waals surface area contributed by atoms with Gasteiger partial charge in [0, 0.05) is 32.1 Å². The van der Waals surface area contributed by atoms with Gasteiger partial charge in [0.25, 0.3) is 5.91 Å². The maximum atomic E-state index is 13.4. The molecule has 0 aromatic heterocycles. The molecular formula is C17H21F2N3O2. The van der Waals surface area contributed by atoms with Gasteiger partial charge in [-0.2, -0.15) is 0 Å².